The number of rotatable bonds is 4. The highest BCUT2D eigenvalue weighted by Crippen LogP contribution is 2.49. The van der Waals surface area contributed by atoms with E-state index < -0.39 is 0 Å². The standard InChI is InChI=1S/C19H28N4O2/c1-13(16-12-14-4-5-15(16)11-14)21-19(24)22-17-3-2-6-20-18(17)23-7-9-25-10-8-23/h2-3,6,13-16H,4-5,7-12H2,1H3,(H2,21,22,24). The van der Waals surface area contributed by atoms with Crippen molar-refractivity contribution in [2.45, 2.75) is 38.6 Å². The second-order valence-corrected chi connectivity index (χ2v) is 7.70. The molecule has 0 aromatic carbocycles. The van der Waals surface area contributed by atoms with Crippen LogP contribution < -0.4 is 15.5 Å². The Bertz CT molecular complexity index is 617. The lowest BCUT2D eigenvalue weighted by Crippen LogP contribution is -2.43. The quantitative estimate of drug-likeness (QED) is 0.881. The van der Waals surface area contributed by atoms with Gasteiger partial charge >= 0.3 is 6.03 Å². The first-order valence-electron chi connectivity index (χ1n) is 9.56. The SMILES string of the molecule is CC(NC(=O)Nc1cccnc1N1CCOCC1)C1CC2CCC1C2. The number of hydrogen-bond donors (Lipinski definition) is 2. The fourth-order valence-electron chi connectivity index (χ4n) is 4.90. The van der Waals surface area contributed by atoms with Crippen LogP contribution in [0.25, 0.3) is 0 Å². The number of morpholine rings is 1. The molecule has 4 rings (SSSR count). The number of carbonyl (C=O) groups excluding carboxylic acids is 1. The zero-order valence-corrected chi connectivity index (χ0v) is 14.9. The summed E-state index contributed by atoms with van der Waals surface area (Å²) >= 11 is 0. The van der Waals surface area contributed by atoms with E-state index in [0.29, 0.717) is 19.1 Å². The lowest BCUT2D eigenvalue weighted by atomic mass is 9.84. The molecule has 6 heteroatoms. The normalized spacial score (nSPS) is 29.5. The van der Waals surface area contributed by atoms with Crippen LogP contribution >= 0.6 is 0 Å². The van der Waals surface area contributed by atoms with Crippen LogP contribution in [0.1, 0.15) is 32.6 Å². The van der Waals surface area contributed by atoms with Crippen LogP contribution in [0.3, 0.4) is 0 Å². The second kappa shape index (κ2) is 7.20. The number of amides is 2. The van der Waals surface area contributed by atoms with Crippen molar-refractivity contribution in [2.24, 2.45) is 17.8 Å². The summed E-state index contributed by atoms with van der Waals surface area (Å²) in [6, 6.07) is 3.87. The van der Waals surface area contributed by atoms with E-state index in [4.69, 9.17) is 4.74 Å². The minimum Gasteiger partial charge on any atom is -0.378 e. The summed E-state index contributed by atoms with van der Waals surface area (Å²) in [6.07, 6.45) is 7.14. The number of aromatic nitrogens is 1. The Morgan fingerprint density at radius 1 is 1.32 bits per heavy atom. The predicted molar refractivity (Wildman–Crippen MR) is 97.8 cm³/mol. The van der Waals surface area contributed by atoms with Gasteiger partial charge in [-0.15, -0.1) is 0 Å². The monoisotopic (exact) mass is 344 g/mol. The summed E-state index contributed by atoms with van der Waals surface area (Å²) in [5.74, 6) is 3.17. The van der Waals surface area contributed by atoms with Crippen LogP contribution in [0.5, 0.6) is 0 Å². The Balaban J connectivity index is 1.37. The van der Waals surface area contributed by atoms with Crippen molar-refractivity contribution in [1.29, 1.82) is 0 Å². The number of fused-ring (bicyclic) bond motifs is 2. The van der Waals surface area contributed by atoms with Crippen LogP contribution in [0.4, 0.5) is 16.3 Å². The maximum absolute atomic E-state index is 12.5. The number of anilines is 2. The Morgan fingerprint density at radius 3 is 2.88 bits per heavy atom. The van der Waals surface area contributed by atoms with Crippen molar-refractivity contribution in [3.8, 4) is 0 Å². The van der Waals surface area contributed by atoms with E-state index >= 15 is 0 Å². The molecule has 0 spiro atoms. The molecular weight excluding hydrogens is 316 g/mol. The first-order chi connectivity index (χ1) is 12.2. The van der Waals surface area contributed by atoms with Crippen LogP contribution in [0.2, 0.25) is 0 Å². The van der Waals surface area contributed by atoms with Crippen molar-refractivity contribution in [2.75, 3.05) is 36.5 Å². The molecule has 2 bridgehead atoms. The molecule has 1 aromatic rings. The molecule has 136 valence electrons. The lowest BCUT2D eigenvalue weighted by molar-refractivity contribution is 0.122. The average Bonchev–Trinajstić information content (AvgIpc) is 3.26. The van der Waals surface area contributed by atoms with Gasteiger partial charge in [-0.25, -0.2) is 9.78 Å². The number of nitrogens with zero attached hydrogens (tertiary/aromatic N) is 2. The molecule has 1 saturated heterocycles. The lowest BCUT2D eigenvalue weighted by Gasteiger charge is -2.30. The van der Waals surface area contributed by atoms with Crippen molar-refractivity contribution < 1.29 is 9.53 Å². The summed E-state index contributed by atoms with van der Waals surface area (Å²) in [6.45, 7) is 5.15. The Kier molecular flexibility index (Phi) is 4.79. The molecule has 4 unspecified atom stereocenters. The van der Waals surface area contributed by atoms with E-state index in [9.17, 15) is 4.79 Å². The highest BCUT2D eigenvalue weighted by atomic mass is 16.5. The smallest absolute Gasteiger partial charge is 0.319 e. The summed E-state index contributed by atoms with van der Waals surface area (Å²) in [4.78, 5) is 19.2. The van der Waals surface area contributed by atoms with Gasteiger partial charge in [0.1, 0.15) is 0 Å². The summed E-state index contributed by atoms with van der Waals surface area (Å²) < 4.78 is 5.41. The average molecular weight is 344 g/mol. The molecular formula is C19H28N4O2. The van der Waals surface area contributed by atoms with Gasteiger partial charge < -0.3 is 20.3 Å². The molecule has 1 aromatic heterocycles. The van der Waals surface area contributed by atoms with Gasteiger partial charge in [0.05, 0.1) is 18.9 Å². The van der Waals surface area contributed by atoms with Gasteiger partial charge in [0, 0.05) is 25.3 Å². The Hall–Kier alpha value is -1.82. The summed E-state index contributed by atoms with van der Waals surface area (Å²) in [5.41, 5.74) is 0.766. The van der Waals surface area contributed by atoms with Crippen molar-refractivity contribution in [3.05, 3.63) is 18.3 Å². The Morgan fingerprint density at radius 2 is 2.16 bits per heavy atom. The molecule has 3 aliphatic rings. The second-order valence-electron chi connectivity index (χ2n) is 7.70. The molecule has 6 nitrogen and oxygen atoms in total. The van der Waals surface area contributed by atoms with Crippen LogP contribution in [-0.4, -0.2) is 43.4 Å². The first kappa shape index (κ1) is 16.6. The highest BCUT2D eigenvalue weighted by Gasteiger charge is 2.42. The third kappa shape index (κ3) is 3.59. The van der Waals surface area contributed by atoms with Gasteiger partial charge in [-0.1, -0.05) is 6.42 Å². The van der Waals surface area contributed by atoms with Crippen LogP contribution in [-0.2, 0) is 4.74 Å². The number of urea groups is 1. The number of nitrogens with one attached hydrogen (secondary N) is 2. The molecule has 2 saturated carbocycles. The van der Waals surface area contributed by atoms with Gasteiger partial charge in [-0.05, 0) is 56.1 Å². The van der Waals surface area contributed by atoms with Crippen molar-refractivity contribution in [3.63, 3.8) is 0 Å². The van der Waals surface area contributed by atoms with Gasteiger partial charge in [0.2, 0.25) is 0 Å². The van der Waals surface area contributed by atoms with E-state index in [0.717, 1.165) is 36.4 Å². The number of pyridine rings is 1. The van der Waals surface area contributed by atoms with Crippen molar-refractivity contribution >= 4 is 17.5 Å². The van der Waals surface area contributed by atoms with Crippen LogP contribution in [0, 0.1) is 17.8 Å². The van der Waals surface area contributed by atoms with E-state index in [1.54, 1.807) is 6.20 Å². The fourth-order valence-corrected chi connectivity index (χ4v) is 4.90. The maximum Gasteiger partial charge on any atom is 0.319 e. The molecule has 2 heterocycles. The summed E-state index contributed by atoms with van der Waals surface area (Å²) in [5, 5.41) is 6.18. The minimum absolute atomic E-state index is 0.127. The van der Waals surface area contributed by atoms with E-state index in [2.05, 4.69) is 27.4 Å². The van der Waals surface area contributed by atoms with E-state index in [1.165, 1.54) is 25.7 Å². The Labute approximate surface area is 149 Å². The number of hydrogen-bond acceptors (Lipinski definition) is 4. The summed E-state index contributed by atoms with van der Waals surface area (Å²) in [7, 11) is 0. The molecule has 4 atom stereocenters. The third-order valence-corrected chi connectivity index (χ3v) is 6.14. The molecule has 3 fully saturated rings. The topological polar surface area (TPSA) is 66.5 Å². The molecule has 25 heavy (non-hydrogen) atoms. The largest absolute Gasteiger partial charge is 0.378 e. The van der Waals surface area contributed by atoms with Crippen molar-refractivity contribution in [1.82, 2.24) is 10.3 Å². The maximum atomic E-state index is 12.5. The zero-order chi connectivity index (χ0) is 17.2. The molecule has 2 aliphatic carbocycles. The fraction of sp³-hybridized carbons (Fsp3) is 0.684. The number of ether oxygens (including phenoxy) is 1. The van der Waals surface area contributed by atoms with Gasteiger partial charge in [-0.3, -0.25) is 0 Å². The zero-order valence-electron chi connectivity index (χ0n) is 14.9. The van der Waals surface area contributed by atoms with E-state index in [-0.39, 0.29) is 12.1 Å². The van der Waals surface area contributed by atoms with Crippen LogP contribution in [0.15, 0.2) is 18.3 Å². The van der Waals surface area contributed by atoms with Gasteiger partial charge in [0.25, 0.3) is 0 Å². The molecule has 2 N–H and O–H groups in total. The predicted octanol–water partition coefficient (Wildman–Crippen LogP) is 2.86. The molecule has 1 aliphatic heterocycles. The third-order valence-electron chi connectivity index (χ3n) is 6.14. The molecule has 0 radical (unpaired) electrons. The van der Waals surface area contributed by atoms with Gasteiger partial charge in [-0.2, -0.15) is 0 Å². The first-order valence-corrected chi connectivity index (χ1v) is 9.56. The molecule has 2 amide bonds. The minimum atomic E-state index is -0.127. The highest BCUT2D eigenvalue weighted by molar-refractivity contribution is 5.92. The number of carbonyl (C=O) groups is 1. The van der Waals surface area contributed by atoms with E-state index in [1.807, 2.05) is 12.1 Å². The van der Waals surface area contributed by atoms with Gasteiger partial charge in [0.15, 0.2) is 5.82 Å².